The second-order valence-corrected chi connectivity index (χ2v) is 5.88. The molecule has 21 heavy (non-hydrogen) atoms. The van der Waals surface area contributed by atoms with E-state index in [1.807, 2.05) is 12.1 Å². The summed E-state index contributed by atoms with van der Waals surface area (Å²) >= 11 is 0. The van der Waals surface area contributed by atoms with E-state index in [1.54, 1.807) is 7.11 Å². The summed E-state index contributed by atoms with van der Waals surface area (Å²) in [4.78, 5) is 0. The van der Waals surface area contributed by atoms with Gasteiger partial charge in [0.05, 0.1) is 13.2 Å². The Bertz CT molecular complexity index is 412. The summed E-state index contributed by atoms with van der Waals surface area (Å²) in [5, 5.41) is 3.46. The minimum atomic E-state index is 0.365. The lowest BCUT2D eigenvalue weighted by Gasteiger charge is -2.20. The van der Waals surface area contributed by atoms with Crippen molar-refractivity contribution in [2.24, 2.45) is 0 Å². The predicted molar refractivity (Wildman–Crippen MR) is 87.1 cm³/mol. The normalized spacial score (nSPS) is 16.5. The first-order valence-electron chi connectivity index (χ1n) is 8.37. The van der Waals surface area contributed by atoms with E-state index in [1.165, 1.54) is 44.1 Å². The van der Waals surface area contributed by atoms with E-state index >= 15 is 0 Å². The van der Waals surface area contributed by atoms with Gasteiger partial charge in [0, 0.05) is 18.2 Å². The van der Waals surface area contributed by atoms with E-state index in [2.05, 4.69) is 18.3 Å². The van der Waals surface area contributed by atoms with Gasteiger partial charge in [0.2, 0.25) is 0 Å². The van der Waals surface area contributed by atoms with Crippen LogP contribution in [0, 0.1) is 0 Å². The summed E-state index contributed by atoms with van der Waals surface area (Å²) in [5.74, 6) is 1.86. The predicted octanol–water partition coefficient (Wildman–Crippen LogP) is 4.30. The topological polar surface area (TPSA) is 30.5 Å². The van der Waals surface area contributed by atoms with Crippen molar-refractivity contribution in [1.29, 1.82) is 0 Å². The van der Waals surface area contributed by atoms with Gasteiger partial charge in [-0.1, -0.05) is 25.8 Å². The molecular formula is C18H29NO2. The molecule has 0 bridgehead atoms. The van der Waals surface area contributed by atoms with Crippen LogP contribution < -0.4 is 14.8 Å². The highest BCUT2D eigenvalue weighted by atomic mass is 16.5. The molecule has 0 atom stereocenters. The van der Waals surface area contributed by atoms with Crippen molar-refractivity contribution in [2.45, 2.75) is 64.5 Å². The molecule has 0 radical (unpaired) electrons. The van der Waals surface area contributed by atoms with Gasteiger partial charge in [-0.2, -0.15) is 0 Å². The molecule has 1 aromatic carbocycles. The summed E-state index contributed by atoms with van der Waals surface area (Å²) in [7, 11) is 1.71. The quantitative estimate of drug-likeness (QED) is 0.600. The molecule has 0 aliphatic heterocycles. The monoisotopic (exact) mass is 291 g/mol. The Balaban J connectivity index is 2.05. The van der Waals surface area contributed by atoms with E-state index in [4.69, 9.17) is 9.47 Å². The highest BCUT2D eigenvalue weighted by Crippen LogP contribution is 2.29. The molecule has 1 aliphatic carbocycles. The maximum absolute atomic E-state index is 6.32. The number of benzene rings is 1. The molecule has 0 spiro atoms. The Morgan fingerprint density at radius 1 is 1.14 bits per heavy atom. The third-order valence-corrected chi connectivity index (χ3v) is 4.11. The van der Waals surface area contributed by atoms with Crippen LogP contribution in [-0.2, 0) is 6.54 Å². The summed E-state index contributed by atoms with van der Waals surface area (Å²) in [5.41, 5.74) is 1.23. The summed E-state index contributed by atoms with van der Waals surface area (Å²) in [6.45, 7) is 4.08. The number of rotatable bonds is 7. The zero-order valence-electron chi connectivity index (χ0n) is 13.5. The van der Waals surface area contributed by atoms with Crippen LogP contribution in [0.15, 0.2) is 18.2 Å². The Hall–Kier alpha value is -1.22. The highest BCUT2D eigenvalue weighted by molar-refractivity contribution is 5.40. The van der Waals surface area contributed by atoms with Gasteiger partial charge in [-0.3, -0.25) is 0 Å². The minimum Gasteiger partial charge on any atom is -0.497 e. The van der Waals surface area contributed by atoms with Crippen LogP contribution >= 0.6 is 0 Å². The van der Waals surface area contributed by atoms with Crippen LogP contribution in [0.3, 0.4) is 0 Å². The molecule has 2 rings (SSSR count). The molecule has 0 amide bonds. The zero-order chi connectivity index (χ0) is 14.9. The first-order valence-corrected chi connectivity index (χ1v) is 8.37. The van der Waals surface area contributed by atoms with E-state index < -0.39 is 0 Å². The van der Waals surface area contributed by atoms with Gasteiger partial charge in [0.25, 0.3) is 0 Å². The lowest BCUT2D eigenvalue weighted by Crippen LogP contribution is -2.19. The number of nitrogens with one attached hydrogen (secondary N) is 1. The second-order valence-electron chi connectivity index (χ2n) is 5.88. The van der Waals surface area contributed by atoms with Crippen molar-refractivity contribution in [3.8, 4) is 11.5 Å². The van der Waals surface area contributed by atoms with E-state index in [0.29, 0.717) is 6.10 Å². The van der Waals surface area contributed by atoms with Crippen molar-refractivity contribution < 1.29 is 9.47 Å². The molecule has 0 aromatic heterocycles. The van der Waals surface area contributed by atoms with Crippen molar-refractivity contribution in [3.05, 3.63) is 23.8 Å². The SMILES string of the molecule is CCCNCc1ccc(OC)cc1OC1CCCCCC1. The van der Waals surface area contributed by atoms with E-state index in [0.717, 1.165) is 31.0 Å². The fourth-order valence-corrected chi connectivity index (χ4v) is 2.86. The largest absolute Gasteiger partial charge is 0.497 e. The molecule has 3 heteroatoms. The lowest BCUT2D eigenvalue weighted by molar-refractivity contribution is 0.181. The van der Waals surface area contributed by atoms with Crippen LogP contribution in [-0.4, -0.2) is 19.8 Å². The molecular weight excluding hydrogens is 262 g/mol. The third-order valence-electron chi connectivity index (χ3n) is 4.11. The van der Waals surface area contributed by atoms with Gasteiger partial charge in [0.15, 0.2) is 0 Å². The number of hydrogen-bond donors (Lipinski definition) is 1. The fraction of sp³-hybridized carbons (Fsp3) is 0.667. The number of ether oxygens (including phenoxy) is 2. The fourth-order valence-electron chi connectivity index (χ4n) is 2.86. The Morgan fingerprint density at radius 3 is 2.57 bits per heavy atom. The van der Waals surface area contributed by atoms with E-state index in [-0.39, 0.29) is 0 Å². The maximum Gasteiger partial charge on any atom is 0.127 e. The Labute approximate surface area is 129 Å². The van der Waals surface area contributed by atoms with Crippen LogP contribution in [0.2, 0.25) is 0 Å². The summed E-state index contributed by atoms with van der Waals surface area (Å²) in [6.07, 6.45) is 9.15. The minimum absolute atomic E-state index is 0.365. The average Bonchev–Trinajstić information content (AvgIpc) is 2.77. The molecule has 1 aromatic rings. The molecule has 1 N–H and O–H groups in total. The summed E-state index contributed by atoms with van der Waals surface area (Å²) in [6, 6.07) is 6.17. The molecule has 1 fully saturated rings. The number of hydrogen-bond acceptors (Lipinski definition) is 3. The van der Waals surface area contributed by atoms with E-state index in [9.17, 15) is 0 Å². The van der Waals surface area contributed by atoms with Gasteiger partial charge in [-0.15, -0.1) is 0 Å². The smallest absolute Gasteiger partial charge is 0.127 e. The van der Waals surface area contributed by atoms with Gasteiger partial charge in [-0.25, -0.2) is 0 Å². The Morgan fingerprint density at radius 2 is 1.90 bits per heavy atom. The third kappa shape index (κ3) is 5.24. The van der Waals surface area contributed by atoms with Gasteiger partial charge < -0.3 is 14.8 Å². The van der Waals surface area contributed by atoms with Crippen LogP contribution in [0.25, 0.3) is 0 Å². The van der Waals surface area contributed by atoms with Crippen molar-refractivity contribution >= 4 is 0 Å². The van der Waals surface area contributed by atoms with Crippen LogP contribution in [0.5, 0.6) is 11.5 Å². The van der Waals surface area contributed by atoms with Gasteiger partial charge in [-0.05, 0) is 44.7 Å². The van der Waals surface area contributed by atoms with Crippen molar-refractivity contribution in [2.75, 3.05) is 13.7 Å². The second kappa shape index (κ2) is 8.93. The molecule has 1 aliphatic rings. The standard InChI is InChI=1S/C18H29NO2/c1-3-12-19-14-15-10-11-17(20-2)13-18(15)21-16-8-6-4-5-7-9-16/h10-11,13,16,19H,3-9,12,14H2,1-2H3. The number of methoxy groups -OCH3 is 1. The van der Waals surface area contributed by atoms with Gasteiger partial charge >= 0.3 is 0 Å². The van der Waals surface area contributed by atoms with Crippen molar-refractivity contribution in [1.82, 2.24) is 5.32 Å². The van der Waals surface area contributed by atoms with Crippen molar-refractivity contribution in [3.63, 3.8) is 0 Å². The Kier molecular flexibility index (Phi) is 6.87. The molecule has 3 nitrogen and oxygen atoms in total. The summed E-state index contributed by atoms with van der Waals surface area (Å²) < 4.78 is 11.7. The lowest BCUT2D eigenvalue weighted by atomic mass is 10.1. The zero-order valence-corrected chi connectivity index (χ0v) is 13.5. The molecule has 1 saturated carbocycles. The molecule has 0 heterocycles. The first kappa shape index (κ1) is 16.2. The molecule has 0 unspecified atom stereocenters. The first-order chi connectivity index (χ1) is 10.3. The average molecular weight is 291 g/mol. The molecule has 0 saturated heterocycles. The van der Waals surface area contributed by atoms with Crippen LogP contribution in [0.4, 0.5) is 0 Å². The molecule has 118 valence electrons. The van der Waals surface area contributed by atoms with Gasteiger partial charge in [0.1, 0.15) is 11.5 Å². The van der Waals surface area contributed by atoms with Crippen LogP contribution in [0.1, 0.15) is 57.4 Å². The maximum atomic E-state index is 6.32. The highest BCUT2D eigenvalue weighted by Gasteiger charge is 2.16.